The van der Waals surface area contributed by atoms with Gasteiger partial charge in [0.1, 0.15) is 5.82 Å². The lowest BCUT2D eigenvalue weighted by atomic mass is 9.97. The van der Waals surface area contributed by atoms with E-state index >= 15 is 0 Å². The Bertz CT molecular complexity index is 633. The Balaban J connectivity index is 1.64. The Kier molecular flexibility index (Phi) is 5.34. The van der Waals surface area contributed by atoms with Gasteiger partial charge in [-0.15, -0.1) is 0 Å². The first-order chi connectivity index (χ1) is 11.2. The van der Waals surface area contributed by atoms with Crippen molar-refractivity contribution in [3.05, 3.63) is 30.1 Å². The summed E-state index contributed by atoms with van der Waals surface area (Å²) in [6.07, 6.45) is 3.82. The molecule has 1 unspecified atom stereocenters. The minimum atomic E-state index is 0.574. The summed E-state index contributed by atoms with van der Waals surface area (Å²) in [6.45, 7) is 8.18. The monoisotopic (exact) mass is 314 g/mol. The first-order valence-electron chi connectivity index (χ1n) is 9.01. The molecule has 23 heavy (non-hydrogen) atoms. The number of likely N-dealkylation sites (tertiary alicyclic amines) is 1. The lowest BCUT2D eigenvalue weighted by Gasteiger charge is -2.32. The van der Waals surface area contributed by atoms with E-state index < -0.39 is 0 Å². The van der Waals surface area contributed by atoms with E-state index in [1.54, 1.807) is 0 Å². The van der Waals surface area contributed by atoms with Crippen molar-refractivity contribution in [1.29, 1.82) is 0 Å². The number of piperidine rings is 1. The quantitative estimate of drug-likeness (QED) is 0.819. The van der Waals surface area contributed by atoms with E-state index in [-0.39, 0.29) is 0 Å². The zero-order valence-electron chi connectivity index (χ0n) is 14.8. The van der Waals surface area contributed by atoms with Crippen molar-refractivity contribution >= 4 is 11.0 Å². The van der Waals surface area contributed by atoms with Crippen molar-refractivity contribution in [2.24, 2.45) is 7.05 Å². The van der Waals surface area contributed by atoms with Crippen molar-refractivity contribution in [3.63, 3.8) is 0 Å². The second-order valence-electron chi connectivity index (χ2n) is 6.91. The lowest BCUT2D eigenvalue weighted by Crippen LogP contribution is -2.37. The van der Waals surface area contributed by atoms with Crippen LogP contribution in [0, 0.1) is 0 Å². The molecule has 0 N–H and O–H groups in total. The van der Waals surface area contributed by atoms with Crippen molar-refractivity contribution in [2.45, 2.75) is 32.1 Å². The van der Waals surface area contributed by atoms with Gasteiger partial charge >= 0.3 is 0 Å². The van der Waals surface area contributed by atoms with Crippen LogP contribution in [0.15, 0.2) is 24.3 Å². The number of hydrogen-bond acceptors (Lipinski definition) is 3. The van der Waals surface area contributed by atoms with E-state index in [1.165, 1.54) is 50.2 Å². The smallest absolute Gasteiger partial charge is 0.114 e. The average molecular weight is 314 g/mol. The van der Waals surface area contributed by atoms with Crippen LogP contribution in [-0.2, 0) is 7.05 Å². The third kappa shape index (κ3) is 3.75. The van der Waals surface area contributed by atoms with Crippen LogP contribution in [0.25, 0.3) is 11.0 Å². The van der Waals surface area contributed by atoms with Crippen LogP contribution in [0.1, 0.15) is 37.9 Å². The predicted molar refractivity (Wildman–Crippen MR) is 96.9 cm³/mol. The molecule has 0 aliphatic carbocycles. The predicted octanol–water partition coefficient (Wildman–Crippen LogP) is 3.09. The second-order valence-corrected chi connectivity index (χ2v) is 6.91. The van der Waals surface area contributed by atoms with Crippen molar-refractivity contribution in [1.82, 2.24) is 19.4 Å². The molecule has 1 fully saturated rings. The minimum Gasteiger partial charge on any atom is -0.331 e. The number of hydrogen-bond donors (Lipinski definition) is 0. The van der Waals surface area contributed by atoms with E-state index in [4.69, 9.17) is 4.98 Å². The molecule has 1 aromatic heterocycles. The summed E-state index contributed by atoms with van der Waals surface area (Å²) >= 11 is 0. The largest absolute Gasteiger partial charge is 0.331 e. The molecule has 2 heterocycles. The molecule has 0 bridgehead atoms. The molecule has 1 aromatic carbocycles. The van der Waals surface area contributed by atoms with E-state index in [1.807, 2.05) is 0 Å². The molecule has 0 spiro atoms. The van der Waals surface area contributed by atoms with E-state index in [9.17, 15) is 0 Å². The van der Waals surface area contributed by atoms with Gasteiger partial charge in [-0.1, -0.05) is 19.1 Å². The fraction of sp³-hybridized carbons (Fsp3) is 0.632. The molecule has 1 aliphatic rings. The summed E-state index contributed by atoms with van der Waals surface area (Å²) in [7, 11) is 4.37. The summed E-state index contributed by atoms with van der Waals surface area (Å²) in [5.41, 5.74) is 2.39. The lowest BCUT2D eigenvalue weighted by molar-refractivity contribution is 0.192. The van der Waals surface area contributed by atoms with Gasteiger partial charge in [-0.2, -0.15) is 0 Å². The van der Waals surface area contributed by atoms with Crippen LogP contribution >= 0.6 is 0 Å². The van der Waals surface area contributed by atoms with Gasteiger partial charge in [0.2, 0.25) is 0 Å². The average Bonchev–Trinajstić information content (AvgIpc) is 2.92. The Morgan fingerprint density at radius 1 is 1.30 bits per heavy atom. The summed E-state index contributed by atoms with van der Waals surface area (Å²) < 4.78 is 2.30. The number of rotatable bonds is 6. The van der Waals surface area contributed by atoms with Crippen LogP contribution in [-0.4, -0.2) is 59.1 Å². The molecule has 1 saturated heterocycles. The van der Waals surface area contributed by atoms with Gasteiger partial charge < -0.3 is 14.4 Å². The number of fused-ring (bicyclic) bond motifs is 1. The zero-order chi connectivity index (χ0) is 16.2. The highest BCUT2D eigenvalue weighted by atomic mass is 15.2. The Morgan fingerprint density at radius 3 is 2.91 bits per heavy atom. The molecule has 0 amide bonds. The zero-order valence-corrected chi connectivity index (χ0v) is 14.8. The molecule has 4 nitrogen and oxygen atoms in total. The maximum Gasteiger partial charge on any atom is 0.114 e. The molecule has 0 saturated carbocycles. The maximum absolute atomic E-state index is 4.92. The summed E-state index contributed by atoms with van der Waals surface area (Å²) in [4.78, 5) is 9.95. The highest BCUT2D eigenvalue weighted by molar-refractivity contribution is 5.75. The van der Waals surface area contributed by atoms with Crippen LogP contribution < -0.4 is 0 Å². The van der Waals surface area contributed by atoms with Crippen LogP contribution in [0.5, 0.6) is 0 Å². The fourth-order valence-electron chi connectivity index (χ4n) is 3.72. The normalized spacial score (nSPS) is 19.7. The fourth-order valence-corrected chi connectivity index (χ4v) is 3.72. The number of benzene rings is 1. The van der Waals surface area contributed by atoms with Crippen LogP contribution in [0.3, 0.4) is 0 Å². The Labute approximate surface area is 140 Å². The summed E-state index contributed by atoms with van der Waals surface area (Å²) in [5, 5.41) is 0. The van der Waals surface area contributed by atoms with Crippen molar-refractivity contribution < 1.29 is 0 Å². The number of aryl methyl sites for hydroxylation is 1. The molecule has 126 valence electrons. The van der Waals surface area contributed by atoms with Gasteiger partial charge in [0.25, 0.3) is 0 Å². The first-order valence-corrected chi connectivity index (χ1v) is 9.01. The maximum atomic E-state index is 4.92. The van der Waals surface area contributed by atoms with Crippen LogP contribution in [0.2, 0.25) is 0 Å². The van der Waals surface area contributed by atoms with E-state index in [2.05, 4.69) is 59.7 Å². The highest BCUT2D eigenvalue weighted by Gasteiger charge is 2.25. The number of para-hydroxylation sites is 2. The van der Waals surface area contributed by atoms with Gasteiger partial charge in [0.05, 0.1) is 11.0 Å². The standard InChI is InChI=1S/C19H30N4/c1-4-21(2)12-8-14-23-13-7-9-16(15-23)19-20-17-10-5-6-11-18(17)22(19)3/h5-6,10-11,16H,4,7-9,12-15H2,1-3H3. The minimum absolute atomic E-state index is 0.574. The molecule has 1 atom stereocenters. The van der Waals surface area contributed by atoms with E-state index in [0.717, 1.165) is 18.6 Å². The molecule has 4 heteroatoms. The number of imidazole rings is 1. The topological polar surface area (TPSA) is 24.3 Å². The van der Waals surface area contributed by atoms with E-state index in [0.29, 0.717) is 5.92 Å². The van der Waals surface area contributed by atoms with Crippen LogP contribution in [0.4, 0.5) is 0 Å². The molecular weight excluding hydrogens is 284 g/mol. The molecular formula is C19H30N4. The van der Waals surface area contributed by atoms with Gasteiger partial charge in [-0.25, -0.2) is 4.98 Å². The Morgan fingerprint density at radius 2 is 2.13 bits per heavy atom. The third-order valence-electron chi connectivity index (χ3n) is 5.25. The number of aromatic nitrogens is 2. The summed E-state index contributed by atoms with van der Waals surface area (Å²) in [6, 6.07) is 8.48. The number of nitrogens with zero attached hydrogens (tertiary/aromatic N) is 4. The second kappa shape index (κ2) is 7.45. The van der Waals surface area contributed by atoms with Gasteiger partial charge in [-0.3, -0.25) is 0 Å². The Hall–Kier alpha value is -1.39. The third-order valence-corrected chi connectivity index (χ3v) is 5.25. The molecule has 0 radical (unpaired) electrons. The van der Waals surface area contributed by atoms with Gasteiger partial charge in [0.15, 0.2) is 0 Å². The summed E-state index contributed by atoms with van der Waals surface area (Å²) in [5.74, 6) is 1.84. The molecule has 3 rings (SSSR count). The highest BCUT2D eigenvalue weighted by Crippen LogP contribution is 2.28. The van der Waals surface area contributed by atoms with Crippen molar-refractivity contribution in [3.8, 4) is 0 Å². The first kappa shape index (κ1) is 16.5. The van der Waals surface area contributed by atoms with Gasteiger partial charge in [-0.05, 0) is 64.6 Å². The molecule has 2 aromatic rings. The SMILES string of the molecule is CCN(C)CCCN1CCCC(c2nc3ccccc3n2C)C1. The molecule has 1 aliphatic heterocycles. The van der Waals surface area contributed by atoms with Crippen molar-refractivity contribution in [2.75, 3.05) is 39.8 Å². The van der Waals surface area contributed by atoms with Gasteiger partial charge in [0, 0.05) is 19.5 Å².